The van der Waals surface area contributed by atoms with E-state index in [9.17, 15) is 4.79 Å². The Morgan fingerprint density at radius 3 is 2.54 bits per heavy atom. The number of hydrogen-bond donors (Lipinski definition) is 0. The lowest BCUT2D eigenvalue weighted by molar-refractivity contribution is 0.104. The molecule has 26 heavy (non-hydrogen) atoms. The Labute approximate surface area is 157 Å². The third-order valence-corrected chi connectivity index (χ3v) is 4.38. The number of rotatable bonds is 5. The molecule has 0 aliphatic carbocycles. The first kappa shape index (κ1) is 17.7. The van der Waals surface area contributed by atoms with Crippen LogP contribution in [0.5, 0.6) is 0 Å². The molecule has 0 radical (unpaired) electrons. The quantitative estimate of drug-likeness (QED) is 0.490. The van der Waals surface area contributed by atoms with Crippen molar-refractivity contribution in [2.24, 2.45) is 0 Å². The highest BCUT2D eigenvalue weighted by atomic mass is 35.5. The molecule has 0 unspecified atom stereocenters. The zero-order valence-electron chi connectivity index (χ0n) is 14.2. The van der Waals surface area contributed by atoms with Gasteiger partial charge in [-0.25, -0.2) is 4.68 Å². The molecule has 0 aliphatic heterocycles. The number of halogens is 1. The lowest BCUT2D eigenvalue weighted by Gasteiger charge is -2.03. The molecule has 0 spiro atoms. The third kappa shape index (κ3) is 3.90. The Kier molecular flexibility index (Phi) is 5.31. The molecular weight excluding hydrogens is 346 g/mol. The highest BCUT2D eigenvalue weighted by Crippen LogP contribution is 2.22. The molecule has 0 atom stereocenters. The van der Waals surface area contributed by atoms with Crippen LogP contribution in [0.3, 0.4) is 0 Å². The van der Waals surface area contributed by atoms with Crippen molar-refractivity contribution >= 4 is 23.5 Å². The second-order valence-electron chi connectivity index (χ2n) is 5.82. The first-order valence-electron chi connectivity index (χ1n) is 8.08. The van der Waals surface area contributed by atoms with Crippen LogP contribution in [-0.2, 0) is 6.54 Å². The molecule has 0 bridgehead atoms. The van der Waals surface area contributed by atoms with Crippen LogP contribution in [0.15, 0.2) is 60.7 Å². The number of benzene rings is 2. The molecule has 4 nitrogen and oxygen atoms in total. The smallest absolute Gasteiger partial charge is 0.185 e. The second kappa shape index (κ2) is 7.81. The lowest BCUT2D eigenvalue weighted by Crippen LogP contribution is -2.01. The van der Waals surface area contributed by atoms with Crippen molar-refractivity contribution in [3.05, 3.63) is 93.8 Å². The molecule has 5 heteroatoms. The van der Waals surface area contributed by atoms with Gasteiger partial charge in [0.1, 0.15) is 5.15 Å². The number of allylic oxidation sites excluding steroid dienone is 1. The molecule has 0 fully saturated rings. The van der Waals surface area contributed by atoms with Gasteiger partial charge >= 0.3 is 0 Å². The lowest BCUT2D eigenvalue weighted by atomic mass is 10.1. The van der Waals surface area contributed by atoms with Gasteiger partial charge in [0, 0.05) is 11.1 Å². The Balaban J connectivity index is 1.80. The Morgan fingerprint density at radius 2 is 1.88 bits per heavy atom. The van der Waals surface area contributed by atoms with Crippen molar-refractivity contribution in [3.8, 4) is 6.07 Å². The average Bonchev–Trinajstić information content (AvgIpc) is 2.93. The fourth-order valence-corrected chi connectivity index (χ4v) is 2.88. The van der Waals surface area contributed by atoms with Crippen LogP contribution in [0.4, 0.5) is 0 Å². The van der Waals surface area contributed by atoms with Gasteiger partial charge < -0.3 is 0 Å². The van der Waals surface area contributed by atoms with Gasteiger partial charge in [-0.15, -0.1) is 0 Å². The van der Waals surface area contributed by atoms with E-state index in [1.807, 2.05) is 43.3 Å². The zero-order valence-corrected chi connectivity index (χ0v) is 14.9. The van der Waals surface area contributed by atoms with Crippen molar-refractivity contribution in [2.75, 3.05) is 0 Å². The summed E-state index contributed by atoms with van der Waals surface area (Å²) in [7, 11) is 0. The summed E-state index contributed by atoms with van der Waals surface area (Å²) in [6.45, 7) is 2.43. The first-order chi connectivity index (χ1) is 12.6. The fourth-order valence-electron chi connectivity index (χ4n) is 2.58. The van der Waals surface area contributed by atoms with E-state index in [-0.39, 0.29) is 5.78 Å². The molecule has 0 aliphatic rings. The topological polar surface area (TPSA) is 58.7 Å². The number of nitriles is 1. The molecule has 1 aromatic heterocycles. The largest absolute Gasteiger partial charge is 0.289 e. The summed E-state index contributed by atoms with van der Waals surface area (Å²) in [6, 6.07) is 18.5. The number of nitrogens with zero attached hydrogens (tertiary/aromatic N) is 3. The average molecular weight is 362 g/mol. The Morgan fingerprint density at radius 1 is 1.19 bits per heavy atom. The summed E-state index contributed by atoms with van der Waals surface area (Å²) < 4.78 is 1.72. The molecule has 0 amide bonds. The van der Waals surface area contributed by atoms with Crippen LogP contribution in [-0.4, -0.2) is 15.6 Å². The van der Waals surface area contributed by atoms with Crippen molar-refractivity contribution < 1.29 is 4.79 Å². The fraction of sp³-hybridized carbons (Fsp3) is 0.0952. The molecule has 128 valence electrons. The SMILES string of the molecule is Cc1nn(Cc2ccccc2)c(Cl)c1/C=C/C(=O)c1ccc(C#N)cc1. The van der Waals surface area contributed by atoms with E-state index >= 15 is 0 Å². The molecule has 0 saturated heterocycles. The number of ketones is 1. The standard InChI is InChI=1S/C21H16ClN3O/c1-15-19(11-12-20(26)18-9-7-16(13-23)8-10-18)21(22)25(24-15)14-17-5-3-2-4-6-17/h2-12H,14H2,1H3/b12-11+. The van der Waals surface area contributed by atoms with Crippen LogP contribution in [0.1, 0.15) is 32.7 Å². The van der Waals surface area contributed by atoms with E-state index in [4.69, 9.17) is 16.9 Å². The summed E-state index contributed by atoms with van der Waals surface area (Å²) in [5, 5.41) is 13.8. The van der Waals surface area contributed by atoms with Gasteiger partial charge in [0.05, 0.1) is 23.9 Å². The minimum absolute atomic E-state index is 0.152. The molecule has 3 rings (SSSR count). The Hall–Kier alpha value is -3.16. The van der Waals surface area contributed by atoms with Crippen LogP contribution in [0, 0.1) is 18.3 Å². The van der Waals surface area contributed by atoms with E-state index in [1.54, 1.807) is 35.0 Å². The summed E-state index contributed by atoms with van der Waals surface area (Å²) in [6.07, 6.45) is 3.16. The van der Waals surface area contributed by atoms with Gasteiger partial charge in [-0.2, -0.15) is 10.4 Å². The van der Waals surface area contributed by atoms with Gasteiger partial charge in [-0.1, -0.05) is 41.9 Å². The van der Waals surface area contributed by atoms with Crippen molar-refractivity contribution in [1.82, 2.24) is 9.78 Å². The summed E-state index contributed by atoms with van der Waals surface area (Å²) in [4.78, 5) is 12.3. The van der Waals surface area contributed by atoms with E-state index in [1.165, 1.54) is 6.08 Å². The van der Waals surface area contributed by atoms with Crippen LogP contribution in [0.2, 0.25) is 5.15 Å². The second-order valence-corrected chi connectivity index (χ2v) is 6.18. The number of aromatic nitrogens is 2. The molecule has 1 heterocycles. The van der Waals surface area contributed by atoms with Crippen LogP contribution >= 0.6 is 11.6 Å². The summed E-state index contributed by atoms with van der Waals surface area (Å²) in [5.41, 5.74) is 3.62. The predicted octanol–water partition coefficient (Wildman–Crippen LogP) is 4.66. The van der Waals surface area contributed by atoms with Gasteiger partial charge in [0.25, 0.3) is 0 Å². The number of aryl methyl sites for hydroxylation is 1. The third-order valence-electron chi connectivity index (χ3n) is 3.98. The maximum absolute atomic E-state index is 12.3. The molecule has 2 aromatic carbocycles. The maximum atomic E-state index is 12.3. The molecule has 3 aromatic rings. The van der Waals surface area contributed by atoms with Crippen molar-refractivity contribution in [1.29, 1.82) is 5.26 Å². The minimum atomic E-state index is -0.152. The van der Waals surface area contributed by atoms with Crippen molar-refractivity contribution in [2.45, 2.75) is 13.5 Å². The monoisotopic (exact) mass is 361 g/mol. The highest BCUT2D eigenvalue weighted by molar-refractivity contribution is 6.31. The maximum Gasteiger partial charge on any atom is 0.185 e. The normalized spacial score (nSPS) is 10.8. The molecular formula is C21H16ClN3O. The molecule has 0 saturated carbocycles. The van der Waals surface area contributed by atoms with Crippen LogP contribution < -0.4 is 0 Å². The number of hydrogen-bond acceptors (Lipinski definition) is 3. The summed E-state index contributed by atoms with van der Waals surface area (Å²) in [5.74, 6) is -0.152. The van der Waals surface area contributed by atoms with Gasteiger partial charge in [0.15, 0.2) is 5.78 Å². The van der Waals surface area contributed by atoms with Gasteiger partial charge in [-0.3, -0.25) is 4.79 Å². The predicted molar refractivity (Wildman–Crippen MR) is 102 cm³/mol. The highest BCUT2D eigenvalue weighted by Gasteiger charge is 2.12. The van der Waals surface area contributed by atoms with Gasteiger partial charge in [-0.05, 0) is 48.9 Å². The van der Waals surface area contributed by atoms with E-state index in [2.05, 4.69) is 5.10 Å². The van der Waals surface area contributed by atoms with E-state index < -0.39 is 0 Å². The Bertz CT molecular complexity index is 996. The first-order valence-corrected chi connectivity index (χ1v) is 8.45. The summed E-state index contributed by atoms with van der Waals surface area (Å²) >= 11 is 6.45. The number of carbonyl (C=O) groups is 1. The van der Waals surface area contributed by atoms with E-state index in [0.29, 0.717) is 22.8 Å². The van der Waals surface area contributed by atoms with Gasteiger partial charge in [0.2, 0.25) is 0 Å². The number of carbonyl (C=O) groups excluding carboxylic acids is 1. The van der Waals surface area contributed by atoms with E-state index in [0.717, 1.165) is 16.8 Å². The van der Waals surface area contributed by atoms with Crippen LogP contribution in [0.25, 0.3) is 6.08 Å². The van der Waals surface area contributed by atoms with Crippen molar-refractivity contribution in [3.63, 3.8) is 0 Å². The zero-order chi connectivity index (χ0) is 18.5. The minimum Gasteiger partial charge on any atom is -0.289 e. The molecule has 0 N–H and O–H groups in total.